The van der Waals surface area contributed by atoms with Crippen molar-refractivity contribution >= 4 is 11.8 Å². The van der Waals surface area contributed by atoms with Crippen LogP contribution < -0.4 is 0 Å². The monoisotopic (exact) mass is 320 g/mol. The third-order valence-electron chi connectivity index (χ3n) is 3.90. The number of benzene rings is 2. The first kappa shape index (κ1) is 17.1. The Morgan fingerprint density at radius 3 is 1.39 bits per heavy atom. The minimum atomic E-state index is -0.252. The van der Waals surface area contributed by atoms with Gasteiger partial charge in [-0.15, -0.1) is 11.8 Å². The summed E-state index contributed by atoms with van der Waals surface area (Å²) in [5.41, 5.74) is 3.45. The molecule has 0 heterocycles. The third-order valence-corrected chi connectivity index (χ3v) is 5.36. The molecule has 2 rings (SSSR count). The van der Waals surface area contributed by atoms with Gasteiger partial charge in [0.1, 0.15) is 0 Å². The summed E-state index contributed by atoms with van der Waals surface area (Å²) >= 11 is 1.77. The SMILES string of the molecule is CC(C)(SC(C)(C)c1ccccc1C#N)c1ccccc1C#N. The largest absolute Gasteiger partial charge is 0.192 e. The predicted molar refractivity (Wildman–Crippen MR) is 96.0 cm³/mol. The quantitative estimate of drug-likeness (QED) is 0.764. The molecule has 0 amide bonds. The van der Waals surface area contributed by atoms with Crippen LogP contribution in [0.1, 0.15) is 49.9 Å². The van der Waals surface area contributed by atoms with Gasteiger partial charge in [0.05, 0.1) is 23.3 Å². The fraction of sp³-hybridized carbons (Fsp3) is 0.300. The summed E-state index contributed by atoms with van der Waals surface area (Å²) in [6, 6.07) is 20.0. The summed E-state index contributed by atoms with van der Waals surface area (Å²) in [4.78, 5) is 0. The lowest BCUT2D eigenvalue weighted by Crippen LogP contribution is -2.24. The van der Waals surface area contributed by atoms with E-state index in [2.05, 4.69) is 39.8 Å². The van der Waals surface area contributed by atoms with Crippen LogP contribution >= 0.6 is 11.8 Å². The molecule has 2 nitrogen and oxygen atoms in total. The molecule has 0 radical (unpaired) electrons. The highest BCUT2D eigenvalue weighted by atomic mass is 32.2. The van der Waals surface area contributed by atoms with E-state index in [-0.39, 0.29) is 9.49 Å². The number of nitriles is 2. The Balaban J connectivity index is 2.43. The van der Waals surface area contributed by atoms with Gasteiger partial charge in [0.25, 0.3) is 0 Å². The van der Waals surface area contributed by atoms with Crippen LogP contribution in [-0.2, 0) is 9.49 Å². The van der Waals surface area contributed by atoms with Crippen LogP contribution in [0.5, 0.6) is 0 Å². The molecule has 2 aromatic rings. The molecular formula is C20H20N2S. The van der Waals surface area contributed by atoms with E-state index in [4.69, 9.17) is 0 Å². The first-order valence-electron chi connectivity index (χ1n) is 7.51. The van der Waals surface area contributed by atoms with E-state index in [1.807, 2.05) is 48.5 Å². The van der Waals surface area contributed by atoms with Crippen molar-refractivity contribution in [3.8, 4) is 12.1 Å². The maximum atomic E-state index is 9.38. The molecule has 0 saturated carbocycles. The Kier molecular flexibility index (Phi) is 4.83. The lowest BCUT2D eigenvalue weighted by Gasteiger charge is -2.36. The maximum absolute atomic E-state index is 9.38. The van der Waals surface area contributed by atoms with Crippen LogP contribution in [0.3, 0.4) is 0 Å². The number of rotatable bonds is 4. The smallest absolute Gasteiger partial charge is 0.0995 e. The summed E-state index contributed by atoms with van der Waals surface area (Å²) in [5, 5.41) is 18.8. The van der Waals surface area contributed by atoms with Gasteiger partial charge >= 0.3 is 0 Å². The second kappa shape index (κ2) is 6.49. The van der Waals surface area contributed by atoms with Gasteiger partial charge in [-0.1, -0.05) is 36.4 Å². The van der Waals surface area contributed by atoms with Crippen LogP contribution in [0.4, 0.5) is 0 Å². The van der Waals surface area contributed by atoms with Crippen molar-refractivity contribution in [1.29, 1.82) is 10.5 Å². The number of nitrogens with zero attached hydrogens (tertiary/aromatic N) is 2. The molecule has 0 atom stereocenters. The van der Waals surface area contributed by atoms with E-state index in [9.17, 15) is 10.5 Å². The van der Waals surface area contributed by atoms with Gasteiger partial charge in [0.15, 0.2) is 0 Å². The molecule has 0 fully saturated rings. The van der Waals surface area contributed by atoms with Gasteiger partial charge < -0.3 is 0 Å². The Hall–Kier alpha value is -2.23. The first-order chi connectivity index (χ1) is 10.8. The van der Waals surface area contributed by atoms with Crippen LogP contribution in [-0.4, -0.2) is 0 Å². The van der Waals surface area contributed by atoms with E-state index in [0.717, 1.165) is 11.1 Å². The Morgan fingerprint density at radius 1 is 0.696 bits per heavy atom. The zero-order valence-corrected chi connectivity index (χ0v) is 14.7. The third kappa shape index (κ3) is 3.58. The molecule has 0 aliphatic carbocycles. The molecule has 2 aromatic carbocycles. The summed E-state index contributed by atoms with van der Waals surface area (Å²) in [6.07, 6.45) is 0. The van der Waals surface area contributed by atoms with Gasteiger partial charge in [-0.25, -0.2) is 0 Å². The summed E-state index contributed by atoms with van der Waals surface area (Å²) < 4.78 is -0.503. The molecule has 0 aliphatic heterocycles. The molecule has 116 valence electrons. The number of hydrogen-bond donors (Lipinski definition) is 0. The predicted octanol–water partition coefficient (Wildman–Crippen LogP) is 5.33. The molecular weight excluding hydrogens is 300 g/mol. The van der Waals surface area contributed by atoms with Crippen molar-refractivity contribution in [3.63, 3.8) is 0 Å². The van der Waals surface area contributed by atoms with Gasteiger partial charge in [-0.05, 0) is 51.0 Å². The van der Waals surface area contributed by atoms with E-state index < -0.39 is 0 Å². The van der Waals surface area contributed by atoms with E-state index in [0.29, 0.717) is 11.1 Å². The summed E-state index contributed by atoms with van der Waals surface area (Å²) in [6.45, 7) is 8.52. The fourth-order valence-corrected chi connectivity index (χ4v) is 4.81. The van der Waals surface area contributed by atoms with Crippen molar-refractivity contribution in [1.82, 2.24) is 0 Å². The Bertz CT molecular complexity index is 724. The molecule has 0 unspecified atom stereocenters. The van der Waals surface area contributed by atoms with Crippen molar-refractivity contribution < 1.29 is 0 Å². The zero-order chi connectivity index (χ0) is 17.1. The Morgan fingerprint density at radius 2 is 1.04 bits per heavy atom. The molecule has 0 aliphatic rings. The molecule has 0 saturated heterocycles. The van der Waals surface area contributed by atoms with Crippen LogP contribution in [0.2, 0.25) is 0 Å². The summed E-state index contributed by atoms with van der Waals surface area (Å²) in [7, 11) is 0. The van der Waals surface area contributed by atoms with Crippen molar-refractivity contribution in [2.75, 3.05) is 0 Å². The second-order valence-electron chi connectivity index (χ2n) is 6.44. The average molecular weight is 320 g/mol. The molecule has 23 heavy (non-hydrogen) atoms. The van der Waals surface area contributed by atoms with Crippen LogP contribution in [0.15, 0.2) is 48.5 Å². The normalized spacial score (nSPS) is 11.6. The highest BCUT2D eigenvalue weighted by Gasteiger charge is 2.34. The first-order valence-corrected chi connectivity index (χ1v) is 8.33. The summed E-state index contributed by atoms with van der Waals surface area (Å²) in [5.74, 6) is 0. The zero-order valence-electron chi connectivity index (χ0n) is 13.9. The Labute approximate surface area is 142 Å². The minimum Gasteiger partial charge on any atom is -0.192 e. The molecule has 0 bridgehead atoms. The highest BCUT2D eigenvalue weighted by Crippen LogP contribution is 2.49. The van der Waals surface area contributed by atoms with E-state index in [1.165, 1.54) is 0 Å². The molecule has 0 aromatic heterocycles. The highest BCUT2D eigenvalue weighted by molar-refractivity contribution is 8.01. The van der Waals surface area contributed by atoms with Gasteiger partial charge in [-0.3, -0.25) is 0 Å². The second-order valence-corrected chi connectivity index (χ2v) is 8.68. The maximum Gasteiger partial charge on any atom is 0.0995 e. The molecule has 0 N–H and O–H groups in total. The lowest BCUT2D eigenvalue weighted by atomic mass is 9.96. The van der Waals surface area contributed by atoms with Gasteiger partial charge in [0.2, 0.25) is 0 Å². The van der Waals surface area contributed by atoms with Crippen molar-refractivity contribution in [2.45, 2.75) is 37.2 Å². The van der Waals surface area contributed by atoms with Crippen LogP contribution in [0.25, 0.3) is 0 Å². The topological polar surface area (TPSA) is 47.6 Å². The van der Waals surface area contributed by atoms with Crippen molar-refractivity contribution in [3.05, 3.63) is 70.8 Å². The average Bonchev–Trinajstić information content (AvgIpc) is 2.53. The van der Waals surface area contributed by atoms with E-state index >= 15 is 0 Å². The molecule has 3 heteroatoms. The number of thioether (sulfide) groups is 1. The van der Waals surface area contributed by atoms with Gasteiger partial charge in [-0.2, -0.15) is 10.5 Å². The lowest BCUT2D eigenvalue weighted by molar-refractivity contribution is 0.714. The number of hydrogen-bond acceptors (Lipinski definition) is 3. The fourth-order valence-electron chi connectivity index (χ4n) is 2.96. The standard InChI is InChI=1S/C20H20N2S/c1-19(2,17-11-7-5-9-15(17)13-21)23-20(3,4)18-12-8-6-10-16(18)14-22/h5-12H,1-4H3. The van der Waals surface area contributed by atoms with Crippen molar-refractivity contribution in [2.24, 2.45) is 0 Å². The van der Waals surface area contributed by atoms with Gasteiger partial charge in [0, 0.05) is 9.49 Å². The van der Waals surface area contributed by atoms with Crippen LogP contribution in [0, 0.1) is 22.7 Å². The minimum absolute atomic E-state index is 0.252. The van der Waals surface area contributed by atoms with E-state index in [1.54, 1.807) is 11.8 Å². The molecule has 0 spiro atoms.